The number of nitrogens with zero attached hydrogens (tertiary/aromatic N) is 2. The Morgan fingerprint density at radius 1 is 1.03 bits per heavy atom. The van der Waals surface area contributed by atoms with Crippen LogP contribution >= 0.6 is 11.6 Å². The Morgan fingerprint density at radius 2 is 1.74 bits per heavy atom. The average molecular weight is 535 g/mol. The largest absolute Gasteiger partial charge is 0.462 e. The molecule has 5 nitrogen and oxygen atoms in total. The van der Waals surface area contributed by atoms with Crippen LogP contribution in [0.3, 0.4) is 0 Å². The first-order valence-electron chi connectivity index (χ1n) is 14.5. The zero-order valence-corrected chi connectivity index (χ0v) is 23.3. The van der Waals surface area contributed by atoms with Crippen molar-refractivity contribution in [1.82, 2.24) is 9.80 Å². The lowest BCUT2D eigenvalue weighted by Crippen LogP contribution is -2.55. The summed E-state index contributed by atoms with van der Waals surface area (Å²) in [6.07, 6.45) is 4.87. The van der Waals surface area contributed by atoms with Crippen molar-refractivity contribution in [2.24, 2.45) is 23.2 Å². The highest BCUT2D eigenvalue weighted by molar-refractivity contribution is 6.30. The summed E-state index contributed by atoms with van der Waals surface area (Å²) in [6, 6.07) is 19.2. The molecule has 1 spiro atoms. The molecule has 3 heterocycles. The van der Waals surface area contributed by atoms with E-state index in [0.717, 1.165) is 44.2 Å². The number of carbonyl (C=O) groups excluding carboxylic acids is 1. The van der Waals surface area contributed by atoms with Gasteiger partial charge >= 0.3 is 5.97 Å². The third kappa shape index (κ3) is 3.88. The minimum atomic E-state index is -0.0733. The number of benzene rings is 2. The monoisotopic (exact) mass is 534 g/mol. The smallest absolute Gasteiger partial charge is 0.311 e. The SMILES string of the molecule is C[C@@H]1CCC[C@@]2(C)C[C@H]3OC(=O)[C@H](CN4CCN([C@@H](c5ccccc5)c5ccc(Cl)cc5)CC4)[C@@H]3[C@@H]3O[C@]132. The Labute approximate surface area is 231 Å². The number of fused-ring (bicyclic) bond motifs is 2. The standard InChI is InChI=1S/C32H39ClN2O3/c1-21-7-6-14-31(2)19-26-27(29-32(21,31)38-29)25(30(36)37-26)20-34-15-17-35(18-16-34)28(22-8-4-3-5-9-22)23-10-12-24(33)13-11-23/h3-5,8-13,21,25-29H,6-7,14-20H2,1-2H3/t21-,25-,26-,27+,28+,29+,31+,32-/m1/s1. The summed E-state index contributed by atoms with van der Waals surface area (Å²) in [5.41, 5.74) is 2.68. The van der Waals surface area contributed by atoms with Crippen LogP contribution in [0, 0.1) is 23.2 Å². The lowest BCUT2D eigenvalue weighted by Gasteiger charge is -2.49. The second-order valence-corrected chi connectivity index (χ2v) is 13.2. The van der Waals surface area contributed by atoms with Gasteiger partial charge in [0.05, 0.1) is 18.1 Å². The van der Waals surface area contributed by atoms with Gasteiger partial charge in [-0.25, -0.2) is 0 Å². The molecule has 2 aromatic rings. The highest BCUT2D eigenvalue weighted by Gasteiger charge is 2.78. The van der Waals surface area contributed by atoms with Gasteiger partial charge < -0.3 is 9.47 Å². The van der Waals surface area contributed by atoms with Gasteiger partial charge in [-0.2, -0.15) is 0 Å². The normalized spacial score (nSPS) is 39.6. The number of hydrogen-bond acceptors (Lipinski definition) is 5. The Hall–Kier alpha value is -1.92. The van der Waals surface area contributed by atoms with Crippen molar-refractivity contribution in [3.63, 3.8) is 0 Å². The summed E-state index contributed by atoms with van der Waals surface area (Å²) in [4.78, 5) is 18.3. The van der Waals surface area contributed by atoms with E-state index in [1.54, 1.807) is 0 Å². The van der Waals surface area contributed by atoms with E-state index in [0.29, 0.717) is 5.92 Å². The number of hydrogen-bond donors (Lipinski definition) is 0. The first kappa shape index (κ1) is 25.1. The molecule has 5 fully saturated rings. The molecular formula is C32H39ClN2O3. The predicted molar refractivity (Wildman–Crippen MR) is 148 cm³/mol. The van der Waals surface area contributed by atoms with Crippen LogP contribution in [0.25, 0.3) is 0 Å². The minimum Gasteiger partial charge on any atom is -0.462 e. The summed E-state index contributed by atoms with van der Waals surface area (Å²) in [6.45, 7) is 9.35. The van der Waals surface area contributed by atoms with Gasteiger partial charge in [0, 0.05) is 49.1 Å². The Bertz CT molecular complexity index is 1180. The van der Waals surface area contributed by atoms with Crippen molar-refractivity contribution >= 4 is 17.6 Å². The molecule has 7 rings (SSSR count). The summed E-state index contributed by atoms with van der Waals surface area (Å²) in [5.74, 6) is 0.706. The number of esters is 1. The van der Waals surface area contributed by atoms with Crippen LogP contribution in [0.2, 0.25) is 5.02 Å². The molecule has 8 atom stereocenters. The molecule has 0 radical (unpaired) electrons. The molecule has 38 heavy (non-hydrogen) atoms. The molecule has 0 amide bonds. The maximum atomic E-state index is 13.2. The molecule has 2 aromatic carbocycles. The van der Waals surface area contributed by atoms with E-state index in [-0.39, 0.29) is 47.1 Å². The van der Waals surface area contributed by atoms with Crippen LogP contribution in [0.4, 0.5) is 0 Å². The van der Waals surface area contributed by atoms with Crippen LogP contribution in [0.1, 0.15) is 56.7 Å². The Balaban J connectivity index is 1.05. The Morgan fingerprint density at radius 3 is 2.47 bits per heavy atom. The van der Waals surface area contributed by atoms with Gasteiger partial charge in [0.15, 0.2) is 0 Å². The fourth-order valence-corrected chi connectivity index (χ4v) is 8.95. The van der Waals surface area contributed by atoms with Crippen molar-refractivity contribution in [3.05, 3.63) is 70.7 Å². The lowest BCUT2D eigenvalue weighted by atomic mass is 9.53. The van der Waals surface area contributed by atoms with Crippen molar-refractivity contribution < 1.29 is 14.3 Å². The van der Waals surface area contributed by atoms with Crippen molar-refractivity contribution in [2.75, 3.05) is 32.7 Å². The predicted octanol–water partition coefficient (Wildman–Crippen LogP) is 5.57. The van der Waals surface area contributed by atoms with E-state index < -0.39 is 0 Å². The summed E-state index contributed by atoms with van der Waals surface area (Å²) >= 11 is 6.21. The number of carbonyl (C=O) groups is 1. The van der Waals surface area contributed by atoms with Gasteiger partial charge in [-0.3, -0.25) is 14.6 Å². The lowest BCUT2D eigenvalue weighted by molar-refractivity contribution is -0.146. The molecule has 3 aliphatic heterocycles. The molecular weight excluding hydrogens is 496 g/mol. The first-order chi connectivity index (χ1) is 18.4. The van der Waals surface area contributed by atoms with Gasteiger partial charge in [0.2, 0.25) is 0 Å². The first-order valence-corrected chi connectivity index (χ1v) is 14.9. The van der Waals surface area contributed by atoms with E-state index in [4.69, 9.17) is 21.1 Å². The van der Waals surface area contributed by atoms with Crippen LogP contribution in [-0.4, -0.2) is 66.3 Å². The molecule has 2 aliphatic carbocycles. The summed E-state index contributed by atoms with van der Waals surface area (Å²) in [7, 11) is 0. The van der Waals surface area contributed by atoms with Crippen LogP contribution in [0.5, 0.6) is 0 Å². The Kier molecular flexibility index (Phi) is 6.16. The molecule has 0 bridgehead atoms. The van der Waals surface area contributed by atoms with Gasteiger partial charge in [0.1, 0.15) is 11.7 Å². The third-order valence-electron chi connectivity index (χ3n) is 10.7. The number of halogens is 1. The fraction of sp³-hybridized carbons (Fsp3) is 0.594. The second-order valence-electron chi connectivity index (χ2n) is 12.8. The fourth-order valence-electron chi connectivity index (χ4n) is 8.82. The second kappa shape index (κ2) is 9.33. The number of epoxide rings is 1. The molecule has 202 valence electrons. The van der Waals surface area contributed by atoms with E-state index in [1.807, 2.05) is 12.1 Å². The van der Waals surface area contributed by atoms with Crippen LogP contribution in [0.15, 0.2) is 54.6 Å². The number of piperazine rings is 1. The summed E-state index contributed by atoms with van der Waals surface area (Å²) in [5, 5.41) is 0.763. The van der Waals surface area contributed by atoms with E-state index in [9.17, 15) is 4.79 Å². The summed E-state index contributed by atoms with van der Waals surface area (Å²) < 4.78 is 12.7. The van der Waals surface area contributed by atoms with Crippen LogP contribution in [-0.2, 0) is 14.3 Å². The minimum absolute atomic E-state index is 0.00584. The van der Waals surface area contributed by atoms with Crippen molar-refractivity contribution in [2.45, 2.75) is 63.4 Å². The molecule has 0 N–H and O–H groups in total. The van der Waals surface area contributed by atoms with Gasteiger partial charge in [-0.05, 0) is 48.4 Å². The zero-order chi connectivity index (χ0) is 26.1. The number of rotatable bonds is 5. The maximum absolute atomic E-state index is 13.2. The third-order valence-corrected chi connectivity index (χ3v) is 11.0. The molecule has 0 unspecified atom stereocenters. The van der Waals surface area contributed by atoms with Crippen molar-refractivity contribution in [3.8, 4) is 0 Å². The molecule has 5 aliphatic rings. The van der Waals surface area contributed by atoms with Gasteiger partial charge in [-0.1, -0.05) is 74.3 Å². The maximum Gasteiger partial charge on any atom is 0.311 e. The average Bonchev–Trinajstić information content (AvgIpc) is 3.61. The highest BCUT2D eigenvalue weighted by atomic mass is 35.5. The molecule has 2 saturated carbocycles. The zero-order valence-electron chi connectivity index (χ0n) is 22.5. The van der Waals surface area contributed by atoms with Crippen molar-refractivity contribution in [1.29, 1.82) is 0 Å². The van der Waals surface area contributed by atoms with E-state index in [2.05, 4.69) is 66.1 Å². The molecule has 3 saturated heterocycles. The van der Waals surface area contributed by atoms with E-state index >= 15 is 0 Å². The van der Waals surface area contributed by atoms with Crippen LogP contribution < -0.4 is 0 Å². The van der Waals surface area contributed by atoms with Gasteiger partial charge in [0.25, 0.3) is 0 Å². The van der Waals surface area contributed by atoms with E-state index in [1.165, 1.54) is 30.4 Å². The number of ether oxygens (including phenoxy) is 2. The topological polar surface area (TPSA) is 45.3 Å². The quantitative estimate of drug-likeness (QED) is 0.370. The highest BCUT2D eigenvalue weighted by Crippen LogP contribution is 2.70. The van der Waals surface area contributed by atoms with Gasteiger partial charge in [-0.15, -0.1) is 0 Å². The molecule has 0 aromatic heterocycles. The molecule has 6 heteroatoms.